The molecule has 1 unspecified atom stereocenters. The molecular weight excluding hydrogens is 256 g/mol. The molecule has 0 aliphatic carbocycles. The minimum absolute atomic E-state index is 0.0850. The van der Waals surface area contributed by atoms with E-state index in [0.29, 0.717) is 13.2 Å². The van der Waals surface area contributed by atoms with Gasteiger partial charge in [-0.15, -0.1) is 0 Å². The Kier molecular flexibility index (Phi) is 10.1. The highest BCUT2D eigenvalue weighted by Gasteiger charge is 2.36. The second-order valence-electron chi connectivity index (χ2n) is 5.62. The smallest absolute Gasteiger partial charge is 0.320 e. The van der Waals surface area contributed by atoms with Crippen molar-refractivity contribution in [2.45, 2.75) is 60.3 Å². The molecule has 0 aromatic carbocycles. The second-order valence-corrected chi connectivity index (χ2v) is 5.62. The van der Waals surface area contributed by atoms with Gasteiger partial charge in [0.25, 0.3) is 0 Å². The standard InChI is InChI=1S/C16H30O4/c1-6-8-10-19-15(17)14(13(5)12(3)4)16(18)20-11-9-7-2/h12-14H,6-11H2,1-5H3. The Labute approximate surface area is 123 Å². The summed E-state index contributed by atoms with van der Waals surface area (Å²) in [5.41, 5.74) is 0. The molecule has 0 bridgehead atoms. The summed E-state index contributed by atoms with van der Waals surface area (Å²) in [4.78, 5) is 24.2. The van der Waals surface area contributed by atoms with Crippen LogP contribution in [-0.4, -0.2) is 25.2 Å². The molecule has 0 rings (SSSR count). The fourth-order valence-electron chi connectivity index (χ4n) is 1.72. The van der Waals surface area contributed by atoms with Gasteiger partial charge in [0.05, 0.1) is 13.2 Å². The van der Waals surface area contributed by atoms with Crippen molar-refractivity contribution in [3.63, 3.8) is 0 Å². The molecular formula is C16H30O4. The zero-order valence-electron chi connectivity index (χ0n) is 13.6. The van der Waals surface area contributed by atoms with Crippen LogP contribution >= 0.6 is 0 Å². The Morgan fingerprint density at radius 3 is 1.55 bits per heavy atom. The van der Waals surface area contributed by atoms with Crippen LogP contribution in [0.15, 0.2) is 0 Å². The van der Waals surface area contributed by atoms with Crippen LogP contribution in [0.25, 0.3) is 0 Å². The fraction of sp³-hybridized carbons (Fsp3) is 0.875. The summed E-state index contributed by atoms with van der Waals surface area (Å²) in [6, 6.07) is 0. The van der Waals surface area contributed by atoms with Crippen LogP contribution in [0.3, 0.4) is 0 Å². The third kappa shape index (κ3) is 6.92. The quantitative estimate of drug-likeness (QED) is 0.350. The molecule has 0 aromatic rings. The normalized spacial score (nSPS) is 12.6. The fourth-order valence-corrected chi connectivity index (χ4v) is 1.72. The third-order valence-corrected chi connectivity index (χ3v) is 3.57. The van der Waals surface area contributed by atoms with E-state index in [-0.39, 0.29) is 11.8 Å². The SMILES string of the molecule is CCCCOC(=O)C(C(=O)OCCCC)C(C)C(C)C. The van der Waals surface area contributed by atoms with E-state index in [4.69, 9.17) is 9.47 Å². The van der Waals surface area contributed by atoms with Gasteiger partial charge in [0.2, 0.25) is 0 Å². The Morgan fingerprint density at radius 2 is 1.25 bits per heavy atom. The molecule has 0 fully saturated rings. The van der Waals surface area contributed by atoms with E-state index in [2.05, 4.69) is 0 Å². The van der Waals surface area contributed by atoms with E-state index >= 15 is 0 Å². The summed E-state index contributed by atoms with van der Waals surface area (Å²) in [5, 5.41) is 0. The Morgan fingerprint density at radius 1 is 0.850 bits per heavy atom. The zero-order valence-corrected chi connectivity index (χ0v) is 13.6. The van der Waals surface area contributed by atoms with Crippen LogP contribution in [0.4, 0.5) is 0 Å². The topological polar surface area (TPSA) is 52.6 Å². The maximum Gasteiger partial charge on any atom is 0.320 e. The molecule has 1 atom stereocenters. The monoisotopic (exact) mass is 286 g/mol. The van der Waals surface area contributed by atoms with Gasteiger partial charge >= 0.3 is 11.9 Å². The number of ether oxygens (including phenoxy) is 2. The predicted octanol–water partition coefficient (Wildman–Crippen LogP) is 3.58. The third-order valence-electron chi connectivity index (χ3n) is 3.57. The molecule has 0 N–H and O–H groups in total. The van der Waals surface area contributed by atoms with Crippen molar-refractivity contribution in [1.82, 2.24) is 0 Å². The molecule has 0 saturated heterocycles. The molecule has 118 valence electrons. The van der Waals surface area contributed by atoms with E-state index in [9.17, 15) is 9.59 Å². The van der Waals surface area contributed by atoms with Gasteiger partial charge in [-0.05, 0) is 24.7 Å². The number of unbranched alkanes of at least 4 members (excludes halogenated alkanes) is 2. The molecule has 0 spiro atoms. The van der Waals surface area contributed by atoms with Crippen LogP contribution in [0.1, 0.15) is 60.3 Å². The van der Waals surface area contributed by atoms with E-state index in [1.165, 1.54) is 0 Å². The van der Waals surface area contributed by atoms with Crippen LogP contribution in [0, 0.1) is 17.8 Å². The van der Waals surface area contributed by atoms with Crippen molar-refractivity contribution in [2.75, 3.05) is 13.2 Å². The number of hydrogen-bond donors (Lipinski definition) is 0. The average molecular weight is 286 g/mol. The van der Waals surface area contributed by atoms with Gasteiger partial charge in [0.1, 0.15) is 0 Å². The average Bonchev–Trinajstić information content (AvgIpc) is 2.39. The largest absolute Gasteiger partial charge is 0.465 e. The summed E-state index contributed by atoms with van der Waals surface area (Å²) in [6.07, 6.45) is 3.55. The second kappa shape index (κ2) is 10.7. The summed E-state index contributed by atoms with van der Waals surface area (Å²) >= 11 is 0. The van der Waals surface area contributed by atoms with Crippen molar-refractivity contribution >= 4 is 11.9 Å². The van der Waals surface area contributed by atoms with E-state index in [1.807, 2.05) is 34.6 Å². The minimum atomic E-state index is -0.802. The zero-order chi connectivity index (χ0) is 15.5. The predicted molar refractivity (Wildman–Crippen MR) is 79.2 cm³/mol. The highest BCUT2D eigenvalue weighted by molar-refractivity contribution is 5.95. The molecule has 0 saturated carbocycles. The number of carbonyl (C=O) groups excluding carboxylic acids is 2. The van der Waals surface area contributed by atoms with Crippen LogP contribution in [0.5, 0.6) is 0 Å². The summed E-state index contributed by atoms with van der Waals surface area (Å²) in [7, 11) is 0. The lowest BCUT2D eigenvalue weighted by atomic mass is 9.85. The van der Waals surface area contributed by atoms with E-state index in [0.717, 1.165) is 25.7 Å². The van der Waals surface area contributed by atoms with Crippen molar-refractivity contribution < 1.29 is 19.1 Å². The first-order valence-electron chi connectivity index (χ1n) is 7.78. The van der Waals surface area contributed by atoms with Gasteiger partial charge in [-0.25, -0.2) is 0 Å². The lowest BCUT2D eigenvalue weighted by Gasteiger charge is -2.24. The first-order valence-corrected chi connectivity index (χ1v) is 7.78. The van der Waals surface area contributed by atoms with Crippen LogP contribution in [-0.2, 0) is 19.1 Å². The lowest BCUT2D eigenvalue weighted by molar-refractivity contribution is -0.165. The van der Waals surface area contributed by atoms with Crippen LogP contribution < -0.4 is 0 Å². The number of carbonyl (C=O) groups is 2. The highest BCUT2D eigenvalue weighted by Crippen LogP contribution is 2.23. The Bertz CT molecular complexity index is 264. The molecule has 0 aromatic heterocycles. The van der Waals surface area contributed by atoms with Crippen molar-refractivity contribution in [3.05, 3.63) is 0 Å². The molecule has 0 amide bonds. The molecule has 0 radical (unpaired) electrons. The maximum absolute atomic E-state index is 12.1. The lowest BCUT2D eigenvalue weighted by Crippen LogP contribution is -2.35. The summed E-state index contributed by atoms with van der Waals surface area (Å²) < 4.78 is 10.4. The van der Waals surface area contributed by atoms with Gasteiger partial charge in [0.15, 0.2) is 5.92 Å². The highest BCUT2D eigenvalue weighted by atomic mass is 16.6. The maximum atomic E-state index is 12.1. The number of esters is 2. The Balaban J connectivity index is 4.62. The first kappa shape index (κ1) is 18.9. The molecule has 4 heteroatoms. The van der Waals surface area contributed by atoms with Crippen LogP contribution in [0.2, 0.25) is 0 Å². The van der Waals surface area contributed by atoms with Gasteiger partial charge in [-0.1, -0.05) is 47.5 Å². The number of rotatable bonds is 10. The minimum Gasteiger partial charge on any atom is -0.465 e. The van der Waals surface area contributed by atoms with Gasteiger partial charge in [0, 0.05) is 0 Å². The molecule has 0 heterocycles. The molecule has 20 heavy (non-hydrogen) atoms. The van der Waals surface area contributed by atoms with Gasteiger partial charge in [-0.2, -0.15) is 0 Å². The van der Waals surface area contributed by atoms with E-state index in [1.54, 1.807) is 0 Å². The summed E-state index contributed by atoms with van der Waals surface area (Å²) in [6.45, 7) is 10.7. The summed E-state index contributed by atoms with van der Waals surface area (Å²) in [5.74, 6) is -1.55. The molecule has 0 aliphatic rings. The van der Waals surface area contributed by atoms with Gasteiger partial charge < -0.3 is 9.47 Å². The number of hydrogen-bond acceptors (Lipinski definition) is 4. The van der Waals surface area contributed by atoms with Crippen molar-refractivity contribution in [1.29, 1.82) is 0 Å². The van der Waals surface area contributed by atoms with Crippen molar-refractivity contribution in [3.8, 4) is 0 Å². The Hall–Kier alpha value is -1.06. The first-order chi connectivity index (χ1) is 9.45. The van der Waals surface area contributed by atoms with Gasteiger partial charge in [-0.3, -0.25) is 9.59 Å². The van der Waals surface area contributed by atoms with Crippen molar-refractivity contribution in [2.24, 2.45) is 17.8 Å². The van der Waals surface area contributed by atoms with E-state index < -0.39 is 17.9 Å². The molecule has 0 aliphatic heterocycles. The molecule has 4 nitrogen and oxygen atoms in total.